The smallest absolute Gasteiger partial charge is 0.258 e. The van der Waals surface area contributed by atoms with Crippen molar-refractivity contribution in [1.29, 1.82) is 0 Å². The molecule has 3 aromatic carbocycles. The van der Waals surface area contributed by atoms with Crippen LogP contribution >= 0.6 is 0 Å². The minimum atomic E-state index is -0.243. The third-order valence-corrected chi connectivity index (χ3v) is 5.91. The van der Waals surface area contributed by atoms with Gasteiger partial charge in [0.15, 0.2) is 0 Å². The van der Waals surface area contributed by atoms with Crippen molar-refractivity contribution in [2.45, 2.75) is 6.92 Å². The third kappa shape index (κ3) is 6.28. The molecule has 186 valence electrons. The molecule has 0 aliphatic carbocycles. The SMILES string of the molecule is CCN(C(=O)c1ccc(NCC(=O)Nc2cccc(C(=O)N3CCOCC3)c2)cc1)c1ccccc1. The van der Waals surface area contributed by atoms with Crippen LogP contribution < -0.4 is 15.5 Å². The molecule has 36 heavy (non-hydrogen) atoms. The van der Waals surface area contributed by atoms with Crippen LogP contribution in [0.2, 0.25) is 0 Å². The molecule has 8 nitrogen and oxygen atoms in total. The van der Waals surface area contributed by atoms with Gasteiger partial charge in [-0.2, -0.15) is 0 Å². The fourth-order valence-corrected chi connectivity index (χ4v) is 4.00. The van der Waals surface area contributed by atoms with Gasteiger partial charge >= 0.3 is 0 Å². The summed E-state index contributed by atoms with van der Waals surface area (Å²) in [5, 5.41) is 5.89. The maximum atomic E-state index is 12.9. The van der Waals surface area contributed by atoms with Gasteiger partial charge in [-0.05, 0) is 61.5 Å². The molecule has 1 saturated heterocycles. The van der Waals surface area contributed by atoms with Gasteiger partial charge in [-0.15, -0.1) is 0 Å². The average Bonchev–Trinajstić information content (AvgIpc) is 2.93. The first-order valence-corrected chi connectivity index (χ1v) is 12.0. The van der Waals surface area contributed by atoms with Crippen LogP contribution in [0.3, 0.4) is 0 Å². The van der Waals surface area contributed by atoms with E-state index >= 15 is 0 Å². The second-order valence-corrected chi connectivity index (χ2v) is 8.35. The standard InChI is InChI=1S/C28H30N4O4/c1-2-32(25-9-4-3-5-10-25)28(35)21-11-13-23(14-12-21)29-20-26(33)30-24-8-6-7-22(19-24)27(34)31-15-17-36-18-16-31/h3-14,19,29H,2,15-18,20H2,1H3,(H,30,33). The number of ether oxygens (including phenoxy) is 1. The molecule has 0 spiro atoms. The van der Waals surface area contributed by atoms with E-state index in [0.29, 0.717) is 49.7 Å². The predicted octanol–water partition coefficient (Wildman–Crippen LogP) is 3.88. The number of benzene rings is 3. The Bertz CT molecular complexity index is 1190. The van der Waals surface area contributed by atoms with E-state index in [4.69, 9.17) is 4.74 Å². The minimum absolute atomic E-state index is 0.0417. The highest BCUT2D eigenvalue weighted by Crippen LogP contribution is 2.18. The van der Waals surface area contributed by atoms with Crippen molar-refractivity contribution in [3.8, 4) is 0 Å². The lowest BCUT2D eigenvalue weighted by atomic mass is 10.1. The fourth-order valence-electron chi connectivity index (χ4n) is 4.00. The summed E-state index contributed by atoms with van der Waals surface area (Å²) in [5.74, 6) is -0.400. The van der Waals surface area contributed by atoms with Gasteiger partial charge in [-0.1, -0.05) is 24.3 Å². The number of para-hydroxylation sites is 1. The summed E-state index contributed by atoms with van der Waals surface area (Å²) in [5.41, 5.74) is 3.22. The third-order valence-electron chi connectivity index (χ3n) is 5.91. The van der Waals surface area contributed by atoms with Crippen molar-refractivity contribution >= 4 is 34.8 Å². The Hall–Kier alpha value is -4.17. The zero-order valence-corrected chi connectivity index (χ0v) is 20.3. The van der Waals surface area contributed by atoms with E-state index in [1.807, 2.05) is 37.3 Å². The second-order valence-electron chi connectivity index (χ2n) is 8.35. The van der Waals surface area contributed by atoms with Gasteiger partial charge in [0.1, 0.15) is 0 Å². The fraction of sp³-hybridized carbons (Fsp3) is 0.250. The summed E-state index contributed by atoms with van der Waals surface area (Å²) < 4.78 is 5.30. The van der Waals surface area contributed by atoms with Crippen LogP contribution in [-0.4, -0.2) is 62.0 Å². The molecule has 0 unspecified atom stereocenters. The average molecular weight is 487 g/mol. The normalized spacial score (nSPS) is 13.1. The molecule has 0 radical (unpaired) electrons. The summed E-state index contributed by atoms with van der Waals surface area (Å²) in [7, 11) is 0. The molecular formula is C28H30N4O4. The number of hydrogen-bond donors (Lipinski definition) is 2. The Morgan fingerprint density at radius 3 is 2.28 bits per heavy atom. The molecule has 1 heterocycles. The number of hydrogen-bond acceptors (Lipinski definition) is 5. The zero-order valence-electron chi connectivity index (χ0n) is 20.3. The van der Waals surface area contributed by atoms with Crippen LogP contribution in [0.1, 0.15) is 27.6 Å². The molecular weight excluding hydrogens is 456 g/mol. The van der Waals surface area contributed by atoms with Crippen molar-refractivity contribution < 1.29 is 19.1 Å². The molecule has 4 rings (SSSR count). The summed E-state index contributed by atoms with van der Waals surface area (Å²) in [6, 6.07) is 23.5. The van der Waals surface area contributed by atoms with E-state index in [9.17, 15) is 14.4 Å². The summed E-state index contributed by atoms with van der Waals surface area (Å²) in [4.78, 5) is 41.6. The first-order valence-electron chi connectivity index (χ1n) is 12.0. The number of carbonyl (C=O) groups excluding carboxylic acids is 3. The molecule has 0 saturated carbocycles. The summed E-state index contributed by atoms with van der Waals surface area (Å²) in [6.07, 6.45) is 0. The van der Waals surface area contributed by atoms with Crippen molar-refractivity contribution in [2.24, 2.45) is 0 Å². The number of nitrogens with zero attached hydrogens (tertiary/aromatic N) is 2. The predicted molar refractivity (Wildman–Crippen MR) is 141 cm³/mol. The maximum absolute atomic E-state index is 12.9. The van der Waals surface area contributed by atoms with Gasteiger partial charge in [-0.3, -0.25) is 14.4 Å². The largest absolute Gasteiger partial charge is 0.378 e. The van der Waals surface area contributed by atoms with Crippen LogP contribution in [0.15, 0.2) is 78.9 Å². The summed E-state index contributed by atoms with van der Waals surface area (Å²) in [6.45, 7) is 4.73. The quantitative estimate of drug-likeness (QED) is 0.504. The van der Waals surface area contributed by atoms with E-state index in [1.54, 1.807) is 58.3 Å². The highest BCUT2D eigenvalue weighted by Gasteiger charge is 2.19. The van der Waals surface area contributed by atoms with E-state index in [2.05, 4.69) is 10.6 Å². The number of nitrogens with one attached hydrogen (secondary N) is 2. The lowest BCUT2D eigenvalue weighted by molar-refractivity contribution is -0.114. The monoisotopic (exact) mass is 486 g/mol. The Kier molecular flexibility index (Phi) is 8.31. The highest BCUT2D eigenvalue weighted by molar-refractivity contribution is 6.06. The molecule has 8 heteroatoms. The molecule has 0 bridgehead atoms. The van der Waals surface area contributed by atoms with Crippen LogP contribution in [-0.2, 0) is 9.53 Å². The number of rotatable bonds is 8. The number of carbonyl (C=O) groups is 3. The number of amides is 3. The van der Waals surface area contributed by atoms with Crippen molar-refractivity contribution in [2.75, 3.05) is 54.9 Å². The van der Waals surface area contributed by atoms with Gasteiger partial charge in [0.25, 0.3) is 11.8 Å². The van der Waals surface area contributed by atoms with Crippen molar-refractivity contribution in [1.82, 2.24) is 4.90 Å². The zero-order chi connectivity index (χ0) is 25.3. The van der Waals surface area contributed by atoms with Gasteiger partial charge in [0.2, 0.25) is 5.91 Å². The molecule has 0 atom stereocenters. The lowest BCUT2D eigenvalue weighted by Crippen LogP contribution is -2.40. The second kappa shape index (κ2) is 12.0. The molecule has 2 N–H and O–H groups in total. The molecule has 1 aliphatic heterocycles. The van der Waals surface area contributed by atoms with E-state index in [-0.39, 0.29) is 24.3 Å². The van der Waals surface area contributed by atoms with Crippen LogP contribution in [0.4, 0.5) is 17.1 Å². The Balaban J connectivity index is 1.31. The first kappa shape index (κ1) is 24.9. The van der Waals surface area contributed by atoms with Gasteiger partial charge in [0, 0.05) is 47.8 Å². The first-order chi connectivity index (χ1) is 17.5. The molecule has 1 fully saturated rings. The van der Waals surface area contributed by atoms with E-state index < -0.39 is 0 Å². The van der Waals surface area contributed by atoms with Crippen molar-refractivity contribution in [3.63, 3.8) is 0 Å². The molecule has 3 amide bonds. The minimum Gasteiger partial charge on any atom is -0.378 e. The Morgan fingerprint density at radius 1 is 0.861 bits per heavy atom. The van der Waals surface area contributed by atoms with Crippen molar-refractivity contribution in [3.05, 3.63) is 90.0 Å². The molecule has 3 aromatic rings. The van der Waals surface area contributed by atoms with E-state index in [1.165, 1.54) is 0 Å². The lowest BCUT2D eigenvalue weighted by Gasteiger charge is -2.27. The Morgan fingerprint density at radius 2 is 1.58 bits per heavy atom. The van der Waals surface area contributed by atoms with Gasteiger partial charge in [0.05, 0.1) is 19.8 Å². The number of anilines is 3. The van der Waals surface area contributed by atoms with Crippen LogP contribution in [0, 0.1) is 0 Å². The van der Waals surface area contributed by atoms with Crippen LogP contribution in [0.25, 0.3) is 0 Å². The summed E-state index contributed by atoms with van der Waals surface area (Å²) >= 11 is 0. The van der Waals surface area contributed by atoms with Gasteiger partial charge in [-0.25, -0.2) is 0 Å². The van der Waals surface area contributed by atoms with E-state index in [0.717, 1.165) is 11.4 Å². The maximum Gasteiger partial charge on any atom is 0.258 e. The molecule has 1 aliphatic rings. The number of morpholine rings is 1. The van der Waals surface area contributed by atoms with Crippen LogP contribution in [0.5, 0.6) is 0 Å². The highest BCUT2D eigenvalue weighted by atomic mass is 16.5. The molecule has 0 aromatic heterocycles. The Labute approximate surface area is 210 Å². The topological polar surface area (TPSA) is 91.0 Å². The van der Waals surface area contributed by atoms with Gasteiger partial charge < -0.3 is 25.2 Å².